The molecule has 0 unspecified atom stereocenters. The fourth-order valence-corrected chi connectivity index (χ4v) is 1.17. The summed E-state index contributed by atoms with van der Waals surface area (Å²) in [5.41, 5.74) is 6.24. The Kier molecular flexibility index (Phi) is 4.60. The van der Waals surface area contributed by atoms with Crippen LogP contribution in [0.5, 0.6) is 5.75 Å². The van der Waals surface area contributed by atoms with Gasteiger partial charge >= 0.3 is 0 Å². The topological polar surface area (TPSA) is 59.1 Å². The summed E-state index contributed by atoms with van der Waals surface area (Å²) in [5, 5.41) is 7.13. The lowest BCUT2D eigenvalue weighted by Gasteiger charge is -2.05. The zero-order valence-corrected chi connectivity index (χ0v) is 8.50. The van der Waals surface area contributed by atoms with Crippen LogP contribution in [0.15, 0.2) is 24.3 Å². The molecule has 4 heteroatoms. The smallest absolute Gasteiger partial charge is 0.119 e. The Morgan fingerprint density at radius 2 is 2.00 bits per heavy atom. The number of nitrogens with two attached hydrogens (primary N) is 1. The van der Waals surface area contributed by atoms with Crippen LogP contribution in [0.2, 0.25) is 0 Å². The number of amidine groups is 1. The fourth-order valence-electron chi connectivity index (χ4n) is 1.17. The van der Waals surface area contributed by atoms with Gasteiger partial charge in [-0.3, -0.25) is 9.80 Å². The number of hydrogen-bond donors (Lipinski definition) is 2. The number of alkyl halides is 1. The van der Waals surface area contributed by atoms with Gasteiger partial charge in [0.15, 0.2) is 0 Å². The lowest BCUT2D eigenvalue weighted by molar-refractivity contribution is 0.289. The first-order valence-corrected chi connectivity index (χ1v) is 4.83. The van der Waals surface area contributed by atoms with Crippen molar-refractivity contribution in [3.63, 3.8) is 0 Å². The largest absolute Gasteiger partial charge is 0.494 e. The molecule has 1 aromatic carbocycles. The molecule has 0 atom stereocenters. The summed E-state index contributed by atoms with van der Waals surface area (Å²) in [4.78, 5) is 0. The van der Waals surface area contributed by atoms with Crippen molar-refractivity contribution < 1.29 is 9.13 Å². The maximum atomic E-state index is 11.8. The van der Waals surface area contributed by atoms with Crippen molar-refractivity contribution in [2.24, 2.45) is 5.73 Å². The summed E-state index contributed by atoms with van der Waals surface area (Å²) in [6.07, 6.45) is 0.861. The summed E-state index contributed by atoms with van der Waals surface area (Å²) in [7, 11) is 0. The van der Waals surface area contributed by atoms with E-state index in [0.717, 1.165) is 11.3 Å². The van der Waals surface area contributed by atoms with E-state index in [9.17, 15) is 4.39 Å². The van der Waals surface area contributed by atoms with Crippen molar-refractivity contribution in [3.05, 3.63) is 29.8 Å². The molecule has 82 valence electrons. The molecule has 1 aromatic rings. The first-order chi connectivity index (χ1) is 7.22. The fraction of sp³-hybridized carbons (Fsp3) is 0.364. The second-order valence-corrected chi connectivity index (χ2v) is 3.24. The third-order valence-corrected chi connectivity index (χ3v) is 1.86. The SMILES string of the molecule is N=C(N)Cc1ccc(OCCCF)cc1. The maximum absolute atomic E-state index is 11.8. The van der Waals surface area contributed by atoms with Crippen molar-refractivity contribution in [2.75, 3.05) is 13.3 Å². The van der Waals surface area contributed by atoms with Gasteiger partial charge in [0.25, 0.3) is 0 Å². The monoisotopic (exact) mass is 210 g/mol. The van der Waals surface area contributed by atoms with E-state index in [4.69, 9.17) is 15.9 Å². The van der Waals surface area contributed by atoms with Gasteiger partial charge in [-0.1, -0.05) is 12.1 Å². The Balaban J connectivity index is 2.45. The molecular formula is C11H15FN2O. The highest BCUT2D eigenvalue weighted by molar-refractivity contribution is 5.79. The second-order valence-electron chi connectivity index (χ2n) is 3.24. The minimum absolute atomic E-state index is 0.140. The maximum Gasteiger partial charge on any atom is 0.119 e. The Bertz CT molecular complexity index is 311. The average molecular weight is 210 g/mol. The zero-order valence-electron chi connectivity index (χ0n) is 8.50. The van der Waals surface area contributed by atoms with Crippen molar-refractivity contribution in [3.8, 4) is 5.75 Å². The molecular weight excluding hydrogens is 195 g/mol. The van der Waals surface area contributed by atoms with Crippen molar-refractivity contribution in [2.45, 2.75) is 12.8 Å². The van der Waals surface area contributed by atoms with Crippen molar-refractivity contribution in [1.29, 1.82) is 5.41 Å². The molecule has 0 aromatic heterocycles. The molecule has 0 saturated carbocycles. The molecule has 0 bridgehead atoms. The van der Waals surface area contributed by atoms with Crippen LogP contribution < -0.4 is 10.5 Å². The summed E-state index contributed by atoms with van der Waals surface area (Å²) >= 11 is 0. The normalized spacial score (nSPS) is 9.93. The van der Waals surface area contributed by atoms with Crippen LogP contribution in [-0.2, 0) is 6.42 Å². The third kappa shape index (κ3) is 4.44. The number of ether oxygens (including phenoxy) is 1. The summed E-state index contributed by atoms with van der Waals surface area (Å²) in [6, 6.07) is 7.31. The molecule has 0 fully saturated rings. The van der Waals surface area contributed by atoms with Gasteiger partial charge in [-0.2, -0.15) is 0 Å². The van der Waals surface area contributed by atoms with E-state index in [0.29, 0.717) is 19.4 Å². The quantitative estimate of drug-likeness (QED) is 0.428. The minimum Gasteiger partial charge on any atom is -0.494 e. The minimum atomic E-state index is -0.359. The summed E-state index contributed by atoms with van der Waals surface area (Å²) < 4.78 is 17.1. The number of rotatable bonds is 6. The lowest BCUT2D eigenvalue weighted by atomic mass is 10.1. The van der Waals surface area contributed by atoms with E-state index < -0.39 is 0 Å². The summed E-state index contributed by atoms with van der Waals surface area (Å²) in [6.45, 7) is 0.0327. The average Bonchev–Trinajstić information content (AvgIpc) is 2.20. The molecule has 0 aliphatic heterocycles. The van der Waals surface area contributed by atoms with E-state index >= 15 is 0 Å². The molecule has 3 nitrogen and oxygen atoms in total. The molecule has 0 heterocycles. The van der Waals surface area contributed by atoms with E-state index in [2.05, 4.69) is 0 Å². The van der Waals surface area contributed by atoms with Crippen LogP contribution in [0.4, 0.5) is 4.39 Å². The number of halogens is 1. The highest BCUT2D eigenvalue weighted by Gasteiger charge is 1.97. The first kappa shape index (κ1) is 11.5. The molecule has 0 amide bonds. The predicted molar refractivity (Wildman–Crippen MR) is 58.1 cm³/mol. The second kappa shape index (κ2) is 6.01. The number of nitrogens with one attached hydrogen (secondary N) is 1. The van der Waals surface area contributed by atoms with Crippen LogP contribution in [0.3, 0.4) is 0 Å². The van der Waals surface area contributed by atoms with Gasteiger partial charge in [-0.25, -0.2) is 0 Å². The Labute approximate surface area is 88.6 Å². The van der Waals surface area contributed by atoms with Crippen LogP contribution in [0, 0.1) is 5.41 Å². The van der Waals surface area contributed by atoms with Gasteiger partial charge in [0.05, 0.1) is 19.1 Å². The van der Waals surface area contributed by atoms with Gasteiger partial charge in [0.1, 0.15) is 5.75 Å². The first-order valence-electron chi connectivity index (χ1n) is 4.83. The molecule has 0 aliphatic carbocycles. The van der Waals surface area contributed by atoms with E-state index in [1.165, 1.54) is 0 Å². The van der Waals surface area contributed by atoms with Crippen LogP contribution in [0.1, 0.15) is 12.0 Å². The third-order valence-electron chi connectivity index (χ3n) is 1.86. The van der Waals surface area contributed by atoms with Gasteiger partial charge < -0.3 is 10.5 Å². The van der Waals surface area contributed by atoms with Gasteiger partial charge in [0, 0.05) is 12.8 Å². The van der Waals surface area contributed by atoms with Crippen LogP contribution >= 0.6 is 0 Å². The Hall–Kier alpha value is -1.58. The molecule has 0 spiro atoms. The van der Waals surface area contributed by atoms with E-state index in [1.54, 1.807) is 12.1 Å². The predicted octanol–water partition coefficient (Wildman–Crippen LogP) is 1.90. The van der Waals surface area contributed by atoms with Crippen LogP contribution in [-0.4, -0.2) is 19.1 Å². The molecule has 0 saturated heterocycles. The lowest BCUT2D eigenvalue weighted by Crippen LogP contribution is -2.12. The number of hydrogen-bond acceptors (Lipinski definition) is 2. The standard InChI is InChI=1S/C11H15FN2O/c12-6-1-7-15-10-4-2-9(3-5-10)8-11(13)14/h2-5H,1,6-8H2,(H3,13,14). The molecule has 15 heavy (non-hydrogen) atoms. The van der Waals surface area contributed by atoms with Gasteiger partial charge in [-0.15, -0.1) is 0 Å². The molecule has 0 radical (unpaired) electrons. The Morgan fingerprint density at radius 3 is 2.53 bits per heavy atom. The molecule has 3 N–H and O–H groups in total. The van der Waals surface area contributed by atoms with Crippen molar-refractivity contribution >= 4 is 5.84 Å². The van der Waals surface area contributed by atoms with E-state index in [1.807, 2.05) is 12.1 Å². The highest BCUT2D eigenvalue weighted by Crippen LogP contribution is 2.12. The summed E-state index contributed by atoms with van der Waals surface area (Å²) in [5.74, 6) is 0.858. The Morgan fingerprint density at radius 1 is 1.33 bits per heavy atom. The molecule has 0 aliphatic rings. The van der Waals surface area contributed by atoms with Gasteiger partial charge in [0.2, 0.25) is 0 Å². The number of benzene rings is 1. The van der Waals surface area contributed by atoms with Crippen molar-refractivity contribution in [1.82, 2.24) is 0 Å². The zero-order chi connectivity index (χ0) is 11.1. The molecule has 1 rings (SSSR count). The van der Waals surface area contributed by atoms with E-state index in [-0.39, 0.29) is 12.5 Å². The van der Waals surface area contributed by atoms with Gasteiger partial charge in [-0.05, 0) is 17.7 Å². The highest BCUT2D eigenvalue weighted by atomic mass is 19.1. The van der Waals surface area contributed by atoms with Crippen LogP contribution in [0.25, 0.3) is 0 Å².